The normalized spacial score (nSPS) is 13.9. The first-order valence-corrected chi connectivity index (χ1v) is 10.8. The lowest BCUT2D eigenvalue weighted by molar-refractivity contribution is -0.137. The van der Waals surface area contributed by atoms with E-state index in [0.29, 0.717) is 54.7 Å². The van der Waals surface area contributed by atoms with Gasteiger partial charge in [-0.1, -0.05) is 23.7 Å². The molecule has 1 N–H and O–H groups in total. The Morgan fingerprint density at radius 2 is 1.74 bits per heavy atom. The van der Waals surface area contributed by atoms with Gasteiger partial charge < -0.3 is 14.8 Å². The van der Waals surface area contributed by atoms with Gasteiger partial charge in [-0.05, 0) is 68.7 Å². The van der Waals surface area contributed by atoms with E-state index < -0.39 is 0 Å². The number of hydrogen-bond donors (Lipinski definition) is 1. The summed E-state index contributed by atoms with van der Waals surface area (Å²) < 4.78 is 10.9. The SMILES string of the molecule is CCOCCCN1C(=O)C(Nc2ccc(Cl)cc2C)=C(c2ccc(OCC)cc2)C1=O. The molecule has 2 aromatic carbocycles. The number of anilines is 1. The molecule has 0 atom stereocenters. The number of carbonyl (C=O) groups excluding carboxylic acids is 2. The van der Waals surface area contributed by atoms with Crippen LogP contribution in [0.1, 0.15) is 31.4 Å². The van der Waals surface area contributed by atoms with Crippen molar-refractivity contribution >= 4 is 34.7 Å². The molecule has 0 fully saturated rings. The number of hydrogen-bond acceptors (Lipinski definition) is 5. The number of carbonyl (C=O) groups is 2. The molecule has 164 valence electrons. The van der Waals surface area contributed by atoms with Crippen LogP contribution >= 0.6 is 11.6 Å². The first-order valence-electron chi connectivity index (χ1n) is 10.4. The van der Waals surface area contributed by atoms with Gasteiger partial charge in [-0.2, -0.15) is 0 Å². The summed E-state index contributed by atoms with van der Waals surface area (Å²) in [6, 6.07) is 12.5. The molecule has 6 nitrogen and oxygen atoms in total. The fourth-order valence-corrected chi connectivity index (χ4v) is 3.65. The van der Waals surface area contributed by atoms with E-state index in [1.165, 1.54) is 4.90 Å². The molecule has 1 aliphatic rings. The quantitative estimate of drug-likeness (QED) is 0.428. The van der Waals surface area contributed by atoms with Crippen LogP contribution in [-0.4, -0.2) is 43.1 Å². The van der Waals surface area contributed by atoms with Crippen molar-refractivity contribution in [2.24, 2.45) is 0 Å². The minimum Gasteiger partial charge on any atom is -0.494 e. The molecule has 0 saturated heterocycles. The predicted molar refractivity (Wildman–Crippen MR) is 122 cm³/mol. The molecule has 3 rings (SSSR count). The van der Waals surface area contributed by atoms with Crippen molar-refractivity contribution < 1.29 is 19.1 Å². The van der Waals surface area contributed by atoms with E-state index >= 15 is 0 Å². The highest BCUT2D eigenvalue weighted by atomic mass is 35.5. The molecule has 0 aromatic heterocycles. The lowest BCUT2D eigenvalue weighted by Crippen LogP contribution is -2.34. The van der Waals surface area contributed by atoms with E-state index in [0.717, 1.165) is 11.3 Å². The summed E-state index contributed by atoms with van der Waals surface area (Å²) in [5.74, 6) is 0.0414. The number of ether oxygens (including phenoxy) is 2. The Balaban J connectivity index is 1.95. The Morgan fingerprint density at radius 3 is 2.39 bits per heavy atom. The number of nitrogens with zero attached hydrogens (tertiary/aromatic N) is 1. The van der Waals surface area contributed by atoms with Gasteiger partial charge in [-0.3, -0.25) is 14.5 Å². The maximum atomic E-state index is 13.2. The maximum absolute atomic E-state index is 13.2. The van der Waals surface area contributed by atoms with Crippen molar-refractivity contribution in [1.29, 1.82) is 0 Å². The molecule has 0 spiro atoms. The topological polar surface area (TPSA) is 67.9 Å². The smallest absolute Gasteiger partial charge is 0.278 e. The summed E-state index contributed by atoms with van der Waals surface area (Å²) >= 11 is 6.06. The molecular formula is C24H27ClN2O4. The largest absolute Gasteiger partial charge is 0.494 e. The zero-order valence-electron chi connectivity index (χ0n) is 18.0. The average molecular weight is 443 g/mol. The summed E-state index contributed by atoms with van der Waals surface area (Å²) in [6.45, 7) is 7.65. The maximum Gasteiger partial charge on any atom is 0.278 e. The summed E-state index contributed by atoms with van der Waals surface area (Å²) in [6.07, 6.45) is 0.579. The summed E-state index contributed by atoms with van der Waals surface area (Å²) in [4.78, 5) is 27.7. The zero-order chi connectivity index (χ0) is 22.4. The minimum absolute atomic E-state index is 0.260. The number of rotatable bonds is 10. The zero-order valence-corrected chi connectivity index (χ0v) is 18.8. The lowest BCUT2D eigenvalue weighted by Gasteiger charge is -2.15. The van der Waals surface area contributed by atoms with Crippen LogP contribution in [0.4, 0.5) is 5.69 Å². The van der Waals surface area contributed by atoms with Gasteiger partial charge in [-0.15, -0.1) is 0 Å². The third kappa shape index (κ3) is 5.27. The number of imide groups is 1. The van der Waals surface area contributed by atoms with Gasteiger partial charge in [0.1, 0.15) is 11.4 Å². The molecule has 0 saturated carbocycles. The Hall–Kier alpha value is -2.83. The standard InChI is InChI=1S/C24H27ClN2O4/c1-4-30-14-6-13-27-23(28)21(17-7-10-19(11-8-17)31-5-2)22(24(27)29)26-20-12-9-18(25)15-16(20)3/h7-12,15,26H,4-6,13-14H2,1-3H3. The molecule has 0 radical (unpaired) electrons. The molecule has 0 bridgehead atoms. The van der Waals surface area contributed by atoms with Crippen LogP contribution in [0.2, 0.25) is 5.02 Å². The van der Waals surface area contributed by atoms with Gasteiger partial charge in [0.25, 0.3) is 11.8 Å². The third-order valence-corrected chi connectivity index (χ3v) is 5.18. The third-order valence-electron chi connectivity index (χ3n) is 4.94. The second-order valence-electron chi connectivity index (χ2n) is 7.10. The molecule has 1 heterocycles. The van der Waals surface area contributed by atoms with Crippen LogP contribution < -0.4 is 10.1 Å². The van der Waals surface area contributed by atoms with Gasteiger partial charge in [0.15, 0.2) is 0 Å². The first kappa shape index (κ1) is 22.8. The summed E-state index contributed by atoms with van der Waals surface area (Å²) in [5, 5.41) is 3.79. The van der Waals surface area contributed by atoms with Crippen molar-refractivity contribution in [3.05, 3.63) is 64.3 Å². The fourth-order valence-electron chi connectivity index (χ4n) is 3.42. The van der Waals surface area contributed by atoms with Gasteiger partial charge in [0.05, 0.1) is 12.2 Å². The van der Waals surface area contributed by atoms with Crippen molar-refractivity contribution in [2.45, 2.75) is 27.2 Å². The van der Waals surface area contributed by atoms with E-state index in [9.17, 15) is 9.59 Å². The number of aryl methyl sites for hydroxylation is 1. The molecular weight excluding hydrogens is 416 g/mol. The van der Waals surface area contributed by atoms with Crippen LogP contribution in [0, 0.1) is 6.92 Å². The number of nitrogens with one attached hydrogen (secondary N) is 1. The van der Waals surface area contributed by atoms with Crippen molar-refractivity contribution in [1.82, 2.24) is 4.90 Å². The van der Waals surface area contributed by atoms with Gasteiger partial charge in [-0.25, -0.2) is 0 Å². The Kier molecular flexibility index (Phi) is 7.71. The van der Waals surface area contributed by atoms with Crippen LogP contribution in [-0.2, 0) is 14.3 Å². The molecule has 1 aliphatic heterocycles. The number of amides is 2. The Labute approximate surface area is 187 Å². The average Bonchev–Trinajstić information content (AvgIpc) is 2.98. The highest BCUT2D eigenvalue weighted by Crippen LogP contribution is 2.32. The van der Waals surface area contributed by atoms with Crippen LogP contribution in [0.15, 0.2) is 48.2 Å². The molecule has 2 aromatic rings. The van der Waals surface area contributed by atoms with Gasteiger partial charge in [0.2, 0.25) is 0 Å². The van der Waals surface area contributed by atoms with E-state index in [1.54, 1.807) is 36.4 Å². The van der Waals surface area contributed by atoms with Crippen molar-refractivity contribution in [3.8, 4) is 5.75 Å². The van der Waals surface area contributed by atoms with Crippen LogP contribution in [0.3, 0.4) is 0 Å². The van der Waals surface area contributed by atoms with Crippen LogP contribution in [0.5, 0.6) is 5.75 Å². The second kappa shape index (κ2) is 10.5. The van der Waals surface area contributed by atoms with E-state index in [2.05, 4.69) is 5.32 Å². The molecule has 31 heavy (non-hydrogen) atoms. The lowest BCUT2D eigenvalue weighted by atomic mass is 10.0. The summed E-state index contributed by atoms with van der Waals surface area (Å²) in [5.41, 5.74) is 2.86. The second-order valence-corrected chi connectivity index (χ2v) is 7.54. The fraction of sp³-hybridized carbons (Fsp3) is 0.333. The number of halogens is 1. The van der Waals surface area contributed by atoms with E-state index in [-0.39, 0.29) is 17.5 Å². The Morgan fingerprint density at radius 1 is 1.00 bits per heavy atom. The van der Waals surface area contributed by atoms with E-state index in [4.69, 9.17) is 21.1 Å². The Bertz CT molecular complexity index is 986. The van der Waals surface area contributed by atoms with Crippen molar-refractivity contribution in [3.63, 3.8) is 0 Å². The molecule has 7 heteroatoms. The molecule has 0 aliphatic carbocycles. The summed E-state index contributed by atoms with van der Waals surface area (Å²) in [7, 11) is 0. The molecule has 0 unspecified atom stereocenters. The van der Waals surface area contributed by atoms with E-state index in [1.807, 2.05) is 26.8 Å². The predicted octanol–water partition coefficient (Wildman–Crippen LogP) is 4.67. The van der Waals surface area contributed by atoms with Crippen molar-refractivity contribution in [2.75, 3.05) is 31.7 Å². The van der Waals surface area contributed by atoms with Crippen LogP contribution in [0.25, 0.3) is 5.57 Å². The molecule has 2 amide bonds. The minimum atomic E-state index is -0.347. The van der Waals surface area contributed by atoms with Gasteiger partial charge in [0, 0.05) is 30.5 Å². The number of benzene rings is 2. The van der Waals surface area contributed by atoms with Gasteiger partial charge >= 0.3 is 0 Å². The highest BCUT2D eigenvalue weighted by molar-refractivity contribution is 6.36. The monoisotopic (exact) mass is 442 g/mol. The first-order chi connectivity index (χ1) is 15.0. The highest BCUT2D eigenvalue weighted by Gasteiger charge is 2.39.